The molecule has 0 unspecified atom stereocenters. The zero-order chi connectivity index (χ0) is 9.14. The summed E-state index contributed by atoms with van der Waals surface area (Å²) < 4.78 is 0. The summed E-state index contributed by atoms with van der Waals surface area (Å²) in [5.74, 6) is -1.04. The molecule has 0 saturated carbocycles. The first-order valence-corrected chi connectivity index (χ1v) is 3.36. The van der Waals surface area contributed by atoms with E-state index < -0.39 is 11.8 Å². The molecule has 0 spiro atoms. The van der Waals surface area contributed by atoms with E-state index in [1.807, 2.05) is 0 Å². The molecular formula is C7H11Cl2N3O2. The van der Waals surface area contributed by atoms with Gasteiger partial charge >= 0.3 is 0 Å². The van der Waals surface area contributed by atoms with Crippen LogP contribution in [0.25, 0.3) is 0 Å². The lowest BCUT2D eigenvalue weighted by Crippen LogP contribution is -2.27. The lowest BCUT2D eigenvalue weighted by Gasteiger charge is -2.10. The number of carbonyl (C=O) groups excluding carboxylic acids is 2. The van der Waals surface area contributed by atoms with Crippen molar-refractivity contribution in [3.05, 3.63) is 23.5 Å². The van der Waals surface area contributed by atoms with Crippen LogP contribution >= 0.6 is 24.8 Å². The van der Waals surface area contributed by atoms with E-state index in [1.165, 1.54) is 12.3 Å². The third-order valence-corrected chi connectivity index (χ3v) is 1.51. The van der Waals surface area contributed by atoms with Crippen molar-refractivity contribution in [2.75, 3.05) is 0 Å². The van der Waals surface area contributed by atoms with E-state index in [9.17, 15) is 9.59 Å². The molecule has 0 aromatic carbocycles. The number of allylic oxidation sites excluding steroid dienone is 1. The molecule has 1 rings (SSSR count). The van der Waals surface area contributed by atoms with Crippen molar-refractivity contribution in [1.29, 1.82) is 0 Å². The molecule has 1 aliphatic rings. The Hall–Kier alpha value is -1.20. The molecule has 80 valence electrons. The summed E-state index contributed by atoms with van der Waals surface area (Å²) >= 11 is 0. The molecule has 0 fully saturated rings. The number of nitrogens with one attached hydrogen (secondary N) is 1. The van der Waals surface area contributed by atoms with Crippen LogP contribution in [0.2, 0.25) is 0 Å². The molecule has 0 bridgehead atoms. The minimum atomic E-state index is -0.547. The van der Waals surface area contributed by atoms with Crippen molar-refractivity contribution >= 4 is 36.6 Å². The quantitative estimate of drug-likeness (QED) is 0.610. The highest BCUT2D eigenvalue weighted by atomic mass is 35.5. The normalized spacial score (nSPS) is 13.4. The van der Waals surface area contributed by atoms with Crippen LogP contribution in [-0.4, -0.2) is 11.8 Å². The standard InChI is InChI=1S/C7H9N3O2.2ClH/c8-6(11)4-1-2-5(7(9)12)10-3-4;;/h2-3,10H,1H2,(H2,8,11)(H2,9,12);2*1H. The van der Waals surface area contributed by atoms with Crippen LogP contribution in [0.3, 0.4) is 0 Å². The minimum Gasteiger partial charge on any atom is -0.366 e. The molecule has 5 N–H and O–H groups in total. The lowest BCUT2D eigenvalue weighted by molar-refractivity contribution is -0.116. The van der Waals surface area contributed by atoms with Gasteiger partial charge in [0.25, 0.3) is 5.91 Å². The molecule has 2 amide bonds. The average molecular weight is 240 g/mol. The van der Waals surface area contributed by atoms with Crippen LogP contribution in [0.4, 0.5) is 0 Å². The number of halogens is 2. The van der Waals surface area contributed by atoms with E-state index in [4.69, 9.17) is 11.5 Å². The number of rotatable bonds is 2. The molecule has 0 aromatic rings. The van der Waals surface area contributed by atoms with Gasteiger partial charge in [0.2, 0.25) is 5.91 Å². The van der Waals surface area contributed by atoms with E-state index in [1.54, 1.807) is 0 Å². The molecule has 5 nitrogen and oxygen atoms in total. The number of dihydropyridines is 1. The summed E-state index contributed by atoms with van der Waals surface area (Å²) in [6, 6.07) is 0. The molecule has 7 heteroatoms. The first-order valence-electron chi connectivity index (χ1n) is 3.36. The van der Waals surface area contributed by atoms with Gasteiger partial charge in [-0.3, -0.25) is 9.59 Å². The number of nitrogens with two attached hydrogens (primary N) is 2. The highest BCUT2D eigenvalue weighted by Gasteiger charge is 2.11. The third-order valence-electron chi connectivity index (χ3n) is 1.51. The molecule has 14 heavy (non-hydrogen) atoms. The van der Waals surface area contributed by atoms with Crippen LogP contribution in [-0.2, 0) is 9.59 Å². The van der Waals surface area contributed by atoms with Crippen molar-refractivity contribution in [3.8, 4) is 0 Å². The first-order chi connectivity index (χ1) is 5.61. The van der Waals surface area contributed by atoms with Gasteiger partial charge in [0.05, 0.1) is 5.70 Å². The van der Waals surface area contributed by atoms with Gasteiger partial charge in [-0.25, -0.2) is 0 Å². The van der Waals surface area contributed by atoms with Crippen molar-refractivity contribution in [1.82, 2.24) is 5.32 Å². The van der Waals surface area contributed by atoms with Gasteiger partial charge in [-0.15, -0.1) is 24.8 Å². The fraction of sp³-hybridized carbons (Fsp3) is 0.143. The SMILES string of the molecule is Cl.Cl.NC(=O)C1=CNC(C(N)=O)=CC1. The Kier molecular flexibility index (Phi) is 6.86. The van der Waals surface area contributed by atoms with E-state index in [0.717, 1.165) is 0 Å². The van der Waals surface area contributed by atoms with Gasteiger partial charge in [0, 0.05) is 11.8 Å². The summed E-state index contributed by atoms with van der Waals surface area (Å²) in [6.45, 7) is 0. The Morgan fingerprint density at radius 1 is 1.21 bits per heavy atom. The van der Waals surface area contributed by atoms with Gasteiger partial charge in [0.1, 0.15) is 0 Å². The number of hydrogen-bond donors (Lipinski definition) is 3. The second-order valence-corrected chi connectivity index (χ2v) is 2.36. The van der Waals surface area contributed by atoms with E-state index in [2.05, 4.69) is 5.32 Å². The fourth-order valence-electron chi connectivity index (χ4n) is 0.838. The largest absolute Gasteiger partial charge is 0.366 e. The Morgan fingerprint density at radius 2 is 1.79 bits per heavy atom. The Labute approximate surface area is 93.4 Å². The first kappa shape index (κ1) is 15.3. The minimum absolute atomic E-state index is 0. The molecular weight excluding hydrogens is 229 g/mol. The van der Waals surface area contributed by atoms with E-state index in [-0.39, 0.29) is 24.8 Å². The predicted molar refractivity (Wildman–Crippen MR) is 56.8 cm³/mol. The van der Waals surface area contributed by atoms with Gasteiger partial charge < -0.3 is 16.8 Å². The highest BCUT2D eigenvalue weighted by molar-refractivity contribution is 5.95. The van der Waals surface area contributed by atoms with Crippen molar-refractivity contribution in [2.24, 2.45) is 11.5 Å². The highest BCUT2D eigenvalue weighted by Crippen LogP contribution is 2.08. The Morgan fingerprint density at radius 3 is 2.07 bits per heavy atom. The topological polar surface area (TPSA) is 98.2 Å². The number of amides is 2. The summed E-state index contributed by atoms with van der Waals surface area (Å²) in [4.78, 5) is 21.2. The maximum atomic E-state index is 10.6. The summed E-state index contributed by atoms with van der Waals surface area (Å²) in [6.07, 6.45) is 3.27. The molecule has 0 aliphatic carbocycles. The van der Waals surface area contributed by atoms with Crippen LogP contribution in [0.1, 0.15) is 6.42 Å². The summed E-state index contributed by atoms with van der Waals surface area (Å²) in [5.41, 5.74) is 10.7. The number of carbonyl (C=O) groups is 2. The van der Waals surface area contributed by atoms with Gasteiger partial charge in [-0.2, -0.15) is 0 Å². The lowest BCUT2D eigenvalue weighted by atomic mass is 10.1. The molecule has 1 heterocycles. The maximum absolute atomic E-state index is 10.6. The Bertz CT molecular complexity index is 269. The third kappa shape index (κ3) is 3.68. The fourth-order valence-corrected chi connectivity index (χ4v) is 0.838. The smallest absolute Gasteiger partial charge is 0.264 e. The predicted octanol–water partition coefficient (Wildman–Crippen LogP) is -0.438. The second kappa shape index (κ2) is 6.28. The molecule has 1 aliphatic heterocycles. The van der Waals surface area contributed by atoms with E-state index in [0.29, 0.717) is 17.7 Å². The zero-order valence-corrected chi connectivity index (χ0v) is 8.78. The molecule has 0 saturated heterocycles. The van der Waals surface area contributed by atoms with E-state index >= 15 is 0 Å². The van der Waals surface area contributed by atoms with Crippen LogP contribution in [0.5, 0.6) is 0 Å². The summed E-state index contributed by atoms with van der Waals surface area (Å²) in [5, 5.41) is 2.57. The average Bonchev–Trinajstić information content (AvgIpc) is 2.04. The number of hydrogen-bond acceptors (Lipinski definition) is 3. The molecule has 0 aromatic heterocycles. The Balaban J connectivity index is 0. The van der Waals surface area contributed by atoms with Crippen LogP contribution < -0.4 is 16.8 Å². The van der Waals surface area contributed by atoms with Crippen molar-refractivity contribution in [3.63, 3.8) is 0 Å². The van der Waals surface area contributed by atoms with Crippen molar-refractivity contribution < 1.29 is 9.59 Å². The molecule has 0 radical (unpaired) electrons. The molecule has 0 atom stereocenters. The van der Waals surface area contributed by atoms with Gasteiger partial charge in [0.15, 0.2) is 0 Å². The maximum Gasteiger partial charge on any atom is 0.264 e. The summed E-state index contributed by atoms with van der Waals surface area (Å²) in [7, 11) is 0. The van der Waals surface area contributed by atoms with Crippen LogP contribution in [0.15, 0.2) is 23.5 Å². The van der Waals surface area contributed by atoms with Crippen LogP contribution in [0, 0.1) is 0 Å². The second-order valence-electron chi connectivity index (χ2n) is 2.36. The van der Waals surface area contributed by atoms with Gasteiger partial charge in [-0.05, 0) is 6.42 Å². The monoisotopic (exact) mass is 239 g/mol. The zero-order valence-electron chi connectivity index (χ0n) is 7.15. The van der Waals surface area contributed by atoms with Gasteiger partial charge in [-0.1, -0.05) is 6.08 Å². The van der Waals surface area contributed by atoms with Crippen molar-refractivity contribution in [2.45, 2.75) is 6.42 Å². The number of primary amides is 2.